The number of likely N-dealkylation sites (tertiary alicyclic amines) is 1. The van der Waals surface area contributed by atoms with E-state index >= 15 is 0 Å². The highest BCUT2D eigenvalue weighted by Gasteiger charge is 2.26. The number of aromatic amines is 1. The Morgan fingerprint density at radius 2 is 2.23 bits per heavy atom. The van der Waals surface area contributed by atoms with Gasteiger partial charge in [-0.05, 0) is 31.5 Å². The van der Waals surface area contributed by atoms with Crippen molar-refractivity contribution in [2.45, 2.75) is 25.8 Å². The fourth-order valence-corrected chi connectivity index (χ4v) is 3.32. The molecular formula is C16H17Cl2N3O. The first-order valence-electron chi connectivity index (χ1n) is 7.26. The number of nitrogens with one attached hydrogen (secondary N) is 1. The van der Waals surface area contributed by atoms with Gasteiger partial charge in [0.2, 0.25) is 0 Å². The number of hydrogen-bond donors (Lipinski definition) is 1. The van der Waals surface area contributed by atoms with Crippen molar-refractivity contribution in [3.8, 4) is 0 Å². The van der Waals surface area contributed by atoms with E-state index in [1.807, 2.05) is 19.1 Å². The Kier molecular flexibility index (Phi) is 4.52. The second-order valence-electron chi connectivity index (χ2n) is 5.69. The van der Waals surface area contributed by atoms with E-state index in [9.17, 15) is 4.79 Å². The fourth-order valence-electron chi connectivity index (χ4n) is 2.94. The fraction of sp³-hybridized carbons (Fsp3) is 0.375. The predicted octanol–water partition coefficient (Wildman–Crippen LogP) is 3.37. The number of aromatic nitrogens is 2. The molecule has 0 spiro atoms. The minimum absolute atomic E-state index is 0.0844. The van der Waals surface area contributed by atoms with Gasteiger partial charge in [-0.3, -0.25) is 9.69 Å². The van der Waals surface area contributed by atoms with Gasteiger partial charge in [-0.1, -0.05) is 35.3 Å². The maximum absolute atomic E-state index is 11.6. The normalized spacial score (nSPS) is 18.8. The molecule has 0 saturated carbocycles. The Labute approximate surface area is 139 Å². The first-order valence-corrected chi connectivity index (χ1v) is 8.01. The lowest BCUT2D eigenvalue weighted by Gasteiger charge is -2.17. The predicted molar refractivity (Wildman–Crippen MR) is 88.7 cm³/mol. The number of benzene rings is 1. The van der Waals surface area contributed by atoms with E-state index in [0.29, 0.717) is 21.8 Å². The highest BCUT2D eigenvalue weighted by atomic mass is 35.5. The highest BCUT2D eigenvalue weighted by Crippen LogP contribution is 2.30. The van der Waals surface area contributed by atoms with Gasteiger partial charge in [0, 0.05) is 25.1 Å². The van der Waals surface area contributed by atoms with E-state index in [-0.39, 0.29) is 5.56 Å². The quantitative estimate of drug-likeness (QED) is 0.933. The highest BCUT2D eigenvalue weighted by molar-refractivity contribution is 6.42. The molecule has 1 aromatic heterocycles. The summed E-state index contributed by atoms with van der Waals surface area (Å²) in [5, 5.41) is 1.21. The molecule has 2 heterocycles. The van der Waals surface area contributed by atoms with E-state index in [2.05, 4.69) is 14.9 Å². The molecule has 1 atom stereocenters. The molecule has 116 valence electrons. The SMILES string of the molecule is Cc1nc([C@H]2CCN(Cc3cccc(Cl)c3Cl)C2)cc(=O)[nH]1. The lowest BCUT2D eigenvalue weighted by molar-refractivity contribution is 0.326. The lowest BCUT2D eigenvalue weighted by Crippen LogP contribution is -2.21. The van der Waals surface area contributed by atoms with Crippen molar-refractivity contribution in [1.29, 1.82) is 0 Å². The van der Waals surface area contributed by atoms with Gasteiger partial charge in [-0.2, -0.15) is 0 Å². The smallest absolute Gasteiger partial charge is 0.251 e. The monoisotopic (exact) mass is 337 g/mol. The van der Waals surface area contributed by atoms with Crippen molar-refractivity contribution in [2.24, 2.45) is 0 Å². The van der Waals surface area contributed by atoms with Crippen molar-refractivity contribution >= 4 is 23.2 Å². The number of H-pyrrole nitrogens is 1. The molecule has 1 aliphatic rings. The van der Waals surface area contributed by atoms with Crippen LogP contribution in [0.4, 0.5) is 0 Å². The molecule has 22 heavy (non-hydrogen) atoms. The van der Waals surface area contributed by atoms with Gasteiger partial charge in [-0.25, -0.2) is 4.98 Å². The number of aryl methyl sites for hydroxylation is 1. The Morgan fingerprint density at radius 1 is 1.41 bits per heavy atom. The summed E-state index contributed by atoms with van der Waals surface area (Å²) < 4.78 is 0. The second kappa shape index (κ2) is 6.41. The summed E-state index contributed by atoms with van der Waals surface area (Å²) in [6.45, 7) is 4.40. The molecule has 2 aromatic rings. The van der Waals surface area contributed by atoms with Crippen LogP contribution in [-0.2, 0) is 6.54 Å². The van der Waals surface area contributed by atoms with Gasteiger partial charge in [-0.15, -0.1) is 0 Å². The van der Waals surface area contributed by atoms with Crippen LogP contribution in [0.1, 0.15) is 29.4 Å². The zero-order valence-electron chi connectivity index (χ0n) is 12.3. The second-order valence-corrected chi connectivity index (χ2v) is 6.47. The van der Waals surface area contributed by atoms with Crippen molar-refractivity contribution in [1.82, 2.24) is 14.9 Å². The van der Waals surface area contributed by atoms with Gasteiger partial charge >= 0.3 is 0 Å². The summed E-state index contributed by atoms with van der Waals surface area (Å²) in [4.78, 5) is 21.0. The van der Waals surface area contributed by atoms with Crippen molar-refractivity contribution in [3.05, 3.63) is 61.7 Å². The average molecular weight is 338 g/mol. The molecule has 1 aromatic carbocycles. The zero-order valence-corrected chi connectivity index (χ0v) is 13.8. The van der Waals surface area contributed by atoms with Gasteiger partial charge in [0.15, 0.2) is 0 Å². The van der Waals surface area contributed by atoms with Crippen LogP contribution in [0.3, 0.4) is 0 Å². The summed E-state index contributed by atoms with van der Waals surface area (Å²) in [5.74, 6) is 0.956. The van der Waals surface area contributed by atoms with Crippen LogP contribution in [0.2, 0.25) is 10.0 Å². The maximum Gasteiger partial charge on any atom is 0.251 e. The van der Waals surface area contributed by atoms with Crippen molar-refractivity contribution in [2.75, 3.05) is 13.1 Å². The summed E-state index contributed by atoms with van der Waals surface area (Å²) in [6, 6.07) is 7.31. The summed E-state index contributed by atoms with van der Waals surface area (Å²) in [6.07, 6.45) is 0.994. The Hall–Kier alpha value is -1.36. The third kappa shape index (κ3) is 3.35. The van der Waals surface area contributed by atoms with E-state index in [4.69, 9.17) is 23.2 Å². The van der Waals surface area contributed by atoms with Crippen LogP contribution in [0.15, 0.2) is 29.1 Å². The van der Waals surface area contributed by atoms with E-state index in [0.717, 1.165) is 37.3 Å². The Balaban J connectivity index is 1.72. The molecule has 0 aliphatic carbocycles. The van der Waals surface area contributed by atoms with Crippen LogP contribution in [0.25, 0.3) is 0 Å². The topological polar surface area (TPSA) is 49.0 Å². The van der Waals surface area contributed by atoms with E-state index in [1.165, 1.54) is 0 Å². The maximum atomic E-state index is 11.6. The van der Waals surface area contributed by atoms with Gasteiger partial charge in [0.25, 0.3) is 5.56 Å². The van der Waals surface area contributed by atoms with Crippen LogP contribution in [0, 0.1) is 6.92 Å². The molecule has 0 unspecified atom stereocenters. The third-order valence-corrected chi connectivity index (χ3v) is 4.85. The number of rotatable bonds is 3. The van der Waals surface area contributed by atoms with Crippen LogP contribution in [0.5, 0.6) is 0 Å². The van der Waals surface area contributed by atoms with Gasteiger partial charge in [0.05, 0.1) is 15.7 Å². The molecule has 1 aliphatic heterocycles. The zero-order chi connectivity index (χ0) is 15.7. The standard InChI is InChI=1S/C16H17Cl2N3O/c1-10-19-14(7-15(22)20-10)11-5-6-21(8-11)9-12-3-2-4-13(17)16(12)18/h2-4,7,11H,5-6,8-9H2,1H3,(H,19,20,22)/t11-/m0/s1. The van der Waals surface area contributed by atoms with Crippen LogP contribution < -0.4 is 5.56 Å². The third-order valence-electron chi connectivity index (χ3n) is 4.00. The van der Waals surface area contributed by atoms with Crippen LogP contribution in [-0.4, -0.2) is 28.0 Å². The van der Waals surface area contributed by atoms with Crippen molar-refractivity contribution < 1.29 is 0 Å². The molecule has 6 heteroatoms. The first-order chi connectivity index (χ1) is 10.5. The molecule has 1 fully saturated rings. The number of nitrogens with zero attached hydrogens (tertiary/aromatic N) is 2. The lowest BCUT2D eigenvalue weighted by atomic mass is 10.0. The Bertz CT molecular complexity index is 744. The van der Waals surface area contributed by atoms with Crippen LogP contribution >= 0.6 is 23.2 Å². The largest absolute Gasteiger partial charge is 0.311 e. The van der Waals surface area contributed by atoms with Gasteiger partial charge < -0.3 is 4.98 Å². The Morgan fingerprint density at radius 3 is 3.00 bits per heavy atom. The number of halogens is 2. The summed E-state index contributed by atoms with van der Waals surface area (Å²) >= 11 is 12.3. The molecule has 0 radical (unpaired) electrons. The molecule has 3 rings (SSSR count). The van der Waals surface area contributed by atoms with Gasteiger partial charge in [0.1, 0.15) is 5.82 Å². The molecule has 0 amide bonds. The molecule has 0 bridgehead atoms. The van der Waals surface area contributed by atoms with E-state index in [1.54, 1.807) is 12.1 Å². The molecule has 1 saturated heterocycles. The summed E-state index contributed by atoms with van der Waals surface area (Å²) in [7, 11) is 0. The minimum atomic E-state index is -0.0844. The van der Waals surface area contributed by atoms with Crippen molar-refractivity contribution in [3.63, 3.8) is 0 Å². The average Bonchev–Trinajstić information content (AvgIpc) is 2.91. The number of hydrogen-bond acceptors (Lipinski definition) is 3. The molecule has 4 nitrogen and oxygen atoms in total. The first kappa shape index (κ1) is 15.5. The molecular weight excluding hydrogens is 321 g/mol. The minimum Gasteiger partial charge on any atom is -0.311 e. The van der Waals surface area contributed by atoms with E-state index < -0.39 is 0 Å². The summed E-state index contributed by atoms with van der Waals surface area (Å²) in [5.41, 5.74) is 1.82. The molecule has 1 N–H and O–H groups in total.